The minimum atomic E-state index is -2.68. The van der Waals surface area contributed by atoms with Crippen LogP contribution in [0.5, 0.6) is 0 Å². The summed E-state index contributed by atoms with van der Waals surface area (Å²) in [5.74, 6) is -2.68. The highest BCUT2D eigenvalue weighted by Gasteiger charge is 2.59. The van der Waals surface area contributed by atoms with Crippen molar-refractivity contribution in [2.24, 2.45) is 5.41 Å². The summed E-state index contributed by atoms with van der Waals surface area (Å²) < 4.78 is 26.7. The van der Waals surface area contributed by atoms with Gasteiger partial charge in [0.05, 0.1) is 18.6 Å². The van der Waals surface area contributed by atoms with Crippen LogP contribution in [0.25, 0.3) is 0 Å². The highest BCUT2D eigenvalue weighted by Crippen LogP contribution is 2.49. The third-order valence-electron chi connectivity index (χ3n) is 3.31. The van der Waals surface area contributed by atoms with Crippen LogP contribution in [0, 0.1) is 5.41 Å². The third-order valence-corrected chi connectivity index (χ3v) is 3.31. The molecule has 2 nitrogen and oxygen atoms in total. The van der Waals surface area contributed by atoms with E-state index >= 15 is 0 Å². The van der Waals surface area contributed by atoms with E-state index in [2.05, 4.69) is 0 Å². The van der Waals surface area contributed by atoms with Gasteiger partial charge in [0.25, 0.3) is 5.92 Å². The second-order valence-electron chi connectivity index (χ2n) is 3.92. The van der Waals surface area contributed by atoms with E-state index in [1.54, 1.807) is 4.90 Å². The molecule has 0 aliphatic carbocycles. The van der Waals surface area contributed by atoms with Crippen molar-refractivity contribution >= 4 is 0 Å². The summed E-state index contributed by atoms with van der Waals surface area (Å²) >= 11 is 0. The second-order valence-corrected chi connectivity index (χ2v) is 3.92. The molecule has 0 spiro atoms. The molecule has 3 rings (SSSR count). The molecule has 3 fully saturated rings. The molecule has 1 N–H and O–H groups in total. The monoisotopic (exact) mass is 177 g/mol. The first-order valence-corrected chi connectivity index (χ1v) is 4.31. The molecule has 3 saturated heterocycles. The van der Waals surface area contributed by atoms with Gasteiger partial charge in [0.1, 0.15) is 0 Å². The predicted octanol–water partition coefficient (Wildman–Crippen LogP) is 0.710. The van der Waals surface area contributed by atoms with E-state index in [0.717, 1.165) is 13.1 Å². The van der Waals surface area contributed by atoms with Gasteiger partial charge >= 0.3 is 0 Å². The maximum atomic E-state index is 13.4. The number of fused-ring (bicyclic) bond motifs is 3. The Morgan fingerprint density at radius 3 is 2.17 bits per heavy atom. The normalized spacial score (nSPS) is 44.8. The minimum absolute atomic E-state index is 0.159. The van der Waals surface area contributed by atoms with Crippen LogP contribution in [-0.4, -0.2) is 42.2 Å². The summed E-state index contributed by atoms with van der Waals surface area (Å²) in [6, 6.07) is 0. The van der Waals surface area contributed by atoms with E-state index in [1.807, 2.05) is 0 Å². The fourth-order valence-electron chi connectivity index (χ4n) is 2.23. The van der Waals surface area contributed by atoms with Crippen molar-refractivity contribution in [1.29, 1.82) is 0 Å². The van der Waals surface area contributed by atoms with Crippen LogP contribution in [0.4, 0.5) is 8.78 Å². The molecular weight excluding hydrogens is 164 g/mol. The zero-order chi connectivity index (χ0) is 8.82. The van der Waals surface area contributed by atoms with Gasteiger partial charge in [0.15, 0.2) is 0 Å². The maximum Gasteiger partial charge on any atom is 0.268 e. The highest BCUT2D eigenvalue weighted by atomic mass is 19.3. The van der Waals surface area contributed by atoms with E-state index in [9.17, 15) is 8.78 Å². The molecule has 2 bridgehead atoms. The van der Waals surface area contributed by atoms with Crippen molar-refractivity contribution in [2.45, 2.75) is 18.8 Å². The molecule has 0 atom stereocenters. The Morgan fingerprint density at radius 2 is 1.83 bits per heavy atom. The minimum Gasteiger partial charge on any atom is -0.396 e. The Bertz CT molecular complexity index is 187. The molecule has 3 aliphatic heterocycles. The number of nitrogens with zero attached hydrogens (tertiary/aromatic N) is 1. The van der Waals surface area contributed by atoms with Crippen molar-refractivity contribution in [3.8, 4) is 0 Å². The summed E-state index contributed by atoms with van der Waals surface area (Å²) in [6.07, 6.45) is 0.882. The van der Waals surface area contributed by atoms with E-state index in [0.29, 0.717) is 12.8 Å². The molecule has 0 aromatic heterocycles. The fourth-order valence-corrected chi connectivity index (χ4v) is 2.23. The maximum absolute atomic E-state index is 13.4. The first-order valence-electron chi connectivity index (χ1n) is 4.31. The zero-order valence-corrected chi connectivity index (χ0v) is 6.89. The lowest BCUT2D eigenvalue weighted by molar-refractivity contribution is -0.216. The fraction of sp³-hybridized carbons (Fsp3) is 1.00. The number of alkyl halides is 2. The van der Waals surface area contributed by atoms with Gasteiger partial charge in [-0.15, -0.1) is 0 Å². The number of hydrogen-bond donors (Lipinski definition) is 1. The van der Waals surface area contributed by atoms with E-state index in [1.165, 1.54) is 0 Å². The molecule has 4 heteroatoms. The van der Waals surface area contributed by atoms with Gasteiger partial charge < -0.3 is 5.11 Å². The molecule has 12 heavy (non-hydrogen) atoms. The molecule has 0 unspecified atom stereocenters. The zero-order valence-electron chi connectivity index (χ0n) is 6.89. The third kappa shape index (κ3) is 0.910. The average Bonchev–Trinajstić information content (AvgIpc) is 2.04. The number of halogens is 2. The van der Waals surface area contributed by atoms with Gasteiger partial charge in [-0.3, -0.25) is 4.90 Å². The van der Waals surface area contributed by atoms with Crippen LogP contribution < -0.4 is 0 Å². The summed E-state index contributed by atoms with van der Waals surface area (Å²) in [5.41, 5.74) is -1.10. The summed E-state index contributed by atoms with van der Waals surface area (Å²) in [6.45, 7) is 0.910. The molecule has 3 heterocycles. The Hall–Kier alpha value is -0.220. The number of piperidine rings is 3. The molecule has 3 aliphatic rings. The summed E-state index contributed by atoms with van der Waals surface area (Å²) in [7, 11) is 0. The van der Waals surface area contributed by atoms with Gasteiger partial charge in [-0.05, 0) is 25.9 Å². The Morgan fingerprint density at radius 1 is 1.25 bits per heavy atom. The van der Waals surface area contributed by atoms with E-state index in [-0.39, 0.29) is 13.2 Å². The summed E-state index contributed by atoms with van der Waals surface area (Å²) in [5, 5.41) is 9.00. The van der Waals surface area contributed by atoms with Gasteiger partial charge in [0, 0.05) is 0 Å². The molecular formula is C8H13F2NO. The van der Waals surface area contributed by atoms with Crippen LogP contribution >= 0.6 is 0 Å². The van der Waals surface area contributed by atoms with Gasteiger partial charge in [-0.1, -0.05) is 0 Å². The molecule has 70 valence electrons. The smallest absolute Gasteiger partial charge is 0.268 e. The lowest BCUT2D eigenvalue weighted by Gasteiger charge is -2.52. The largest absolute Gasteiger partial charge is 0.396 e. The highest BCUT2D eigenvalue weighted by molar-refractivity contribution is 5.02. The van der Waals surface area contributed by atoms with Crippen LogP contribution in [0.15, 0.2) is 0 Å². The molecule has 0 aromatic rings. The quantitative estimate of drug-likeness (QED) is 0.637. The number of hydrogen-bond acceptors (Lipinski definition) is 2. The SMILES string of the molecule is OCC12CCN(CC1)CC2(F)F. The van der Waals surface area contributed by atoms with Crippen LogP contribution in [0.1, 0.15) is 12.8 Å². The molecule has 0 aromatic carbocycles. The van der Waals surface area contributed by atoms with Gasteiger partial charge in [-0.25, -0.2) is 8.78 Å². The van der Waals surface area contributed by atoms with Crippen LogP contribution in [-0.2, 0) is 0 Å². The molecule has 0 radical (unpaired) electrons. The Balaban J connectivity index is 2.27. The molecule has 0 saturated carbocycles. The summed E-state index contributed by atoms with van der Waals surface area (Å²) in [4.78, 5) is 1.78. The van der Waals surface area contributed by atoms with Crippen molar-refractivity contribution < 1.29 is 13.9 Å². The van der Waals surface area contributed by atoms with Gasteiger partial charge in [0.2, 0.25) is 0 Å². The van der Waals surface area contributed by atoms with E-state index in [4.69, 9.17) is 5.11 Å². The first kappa shape index (κ1) is 8.38. The average molecular weight is 177 g/mol. The number of rotatable bonds is 1. The van der Waals surface area contributed by atoms with Crippen molar-refractivity contribution in [3.63, 3.8) is 0 Å². The predicted molar refractivity (Wildman–Crippen MR) is 40.1 cm³/mol. The topological polar surface area (TPSA) is 23.5 Å². The Labute approximate surface area is 70.2 Å². The second kappa shape index (κ2) is 2.39. The number of aliphatic hydroxyl groups excluding tert-OH is 1. The Kier molecular flexibility index (Phi) is 1.67. The molecule has 0 amide bonds. The van der Waals surface area contributed by atoms with Gasteiger partial charge in [-0.2, -0.15) is 0 Å². The standard InChI is InChI=1S/C8H13F2NO/c9-8(10)5-11-3-1-7(8,6-12)2-4-11/h12H,1-6H2. The first-order chi connectivity index (χ1) is 5.60. The van der Waals surface area contributed by atoms with Crippen molar-refractivity contribution in [1.82, 2.24) is 4.90 Å². The van der Waals surface area contributed by atoms with Crippen molar-refractivity contribution in [3.05, 3.63) is 0 Å². The van der Waals surface area contributed by atoms with Crippen LogP contribution in [0.3, 0.4) is 0 Å². The van der Waals surface area contributed by atoms with E-state index < -0.39 is 11.3 Å². The van der Waals surface area contributed by atoms with Crippen LogP contribution in [0.2, 0.25) is 0 Å². The lowest BCUT2D eigenvalue weighted by atomic mass is 9.70. The lowest BCUT2D eigenvalue weighted by Crippen LogP contribution is -2.62. The van der Waals surface area contributed by atoms with Crippen molar-refractivity contribution in [2.75, 3.05) is 26.2 Å². The number of aliphatic hydroxyl groups is 1.